The molecule has 2 heterocycles. The Kier molecular flexibility index (Phi) is 11.7. The predicted octanol–water partition coefficient (Wildman–Crippen LogP) is 4.61. The first kappa shape index (κ1) is 32.2. The molecule has 0 radical (unpaired) electrons. The molecule has 1 saturated heterocycles. The lowest BCUT2D eigenvalue weighted by molar-refractivity contribution is -0.168. The molecule has 222 valence electrons. The number of benzene rings is 1. The van der Waals surface area contributed by atoms with Gasteiger partial charge in [-0.2, -0.15) is 0 Å². The molecule has 0 saturated carbocycles. The molecular weight excluding hydrogens is 535 g/mol. The molecule has 2 amide bonds. The smallest absolute Gasteiger partial charge is 0.260 e. The molecule has 2 aliphatic heterocycles. The number of nitrogens with zero attached hydrogens (tertiary/aromatic N) is 1. The Labute approximate surface area is 237 Å². The third-order valence-electron chi connectivity index (χ3n) is 7.14. The van der Waals surface area contributed by atoms with Gasteiger partial charge in [0.2, 0.25) is 11.4 Å². The molecule has 10 nitrogen and oxygen atoms in total. The highest BCUT2D eigenvalue weighted by atomic mass is 31.2. The zero-order chi connectivity index (χ0) is 29.3. The van der Waals surface area contributed by atoms with E-state index in [4.69, 9.17) is 18.7 Å². The van der Waals surface area contributed by atoms with Crippen LogP contribution in [-0.4, -0.2) is 72.3 Å². The molecule has 11 heteroatoms. The molecular formula is C29H43N2O8P. The summed E-state index contributed by atoms with van der Waals surface area (Å²) in [4.78, 5) is 27.5. The maximum atomic E-state index is 14.2. The second-order valence-electron chi connectivity index (χ2n) is 9.93. The van der Waals surface area contributed by atoms with E-state index >= 15 is 0 Å². The fourth-order valence-corrected chi connectivity index (χ4v) is 7.87. The number of carbonyl (C=O) groups excluding carboxylic acids is 2. The van der Waals surface area contributed by atoms with E-state index in [9.17, 15) is 19.3 Å². The Morgan fingerprint density at radius 2 is 1.85 bits per heavy atom. The van der Waals surface area contributed by atoms with E-state index in [0.717, 1.165) is 0 Å². The van der Waals surface area contributed by atoms with Gasteiger partial charge in [-0.25, -0.2) is 0 Å². The standard InChI is InChI=1S/C29H43N2O8P/c1-6-36-29(5,37-7-2)40(35,38-8-3)20-23-17-27(39-25(23)19-32)31-18-21(4)24(15-12-16-26(31)33)30-28(34)22-13-10-9-11-14-22/h9-11,13-15,18,23,25,27,32H,6-8,12,16-17,19-20H2,1-5H3,(H,30,34)/b21-18-,24-15+/t23-,25-,27-,40?/m1/s1. The highest BCUT2D eigenvalue weighted by Crippen LogP contribution is 2.62. The Morgan fingerprint density at radius 1 is 1.18 bits per heavy atom. The molecule has 40 heavy (non-hydrogen) atoms. The van der Waals surface area contributed by atoms with Gasteiger partial charge in [0.1, 0.15) is 6.23 Å². The summed E-state index contributed by atoms with van der Waals surface area (Å²) in [5, 5.41) is 13.1. The third-order valence-corrected chi connectivity index (χ3v) is 10.3. The van der Waals surface area contributed by atoms with E-state index in [1.54, 1.807) is 58.2 Å². The largest absolute Gasteiger partial charge is 0.394 e. The quantitative estimate of drug-likeness (QED) is 0.257. The highest BCUT2D eigenvalue weighted by molar-refractivity contribution is 7.60. The first-order valence-corrected chi connectivity index (χ1v) is 15.8. The van der Waals surface area contributed by atoms with Crippen molar-refractivity contribution in [3.05, 3.63) is 59.4 Å². The molecule has 1 fully saturated rings. The SMILES string of the molecule is CCOC(C)(OCC)P(=O)(C[C@H]1C[C@H](N2/C=C(C)\C(NC(=O)c3ccccc3)=C/CCC2=O)O[C@@H]1CO)OCC. The first-order chi connectivity index (χ1) is 19.1. The number of hydrogen-bond donors (Lipinski definition) is 2. The summed E-state index contributed by atoms with van der Waals surface area (Å²) in [5.41, 5.74) is 0.382. The predicted molar refractivity (Wildman–Crippen MR) is 151 cm³/mol. The molecule has 0 aromatic heterocycles. The molecule has 0 spiro atoms. The van der Waals surface area contributed by atoms with Gasteiger partial charge in [-0.15, -0.1) is 0 Å². The summed E-state index contributed by atoms with van der Waals surface area (Å²) < 4.78 is 37.9. The number of nitrogens with one attached hydrogen (secondary N) is 1. The van der Waals surface area contributed by atoms with Crippen LogP contribution in [0.3, 0.4) is 0 Å². The Balaban J connectivity index is 1.83. The maximum absolute atomic E-state index is 14.2. The molecule has 2 N–H and O–H groups in total. The van der Waals surface area contributed by atoms with Crippen molar-refractivity contribution in [3.63, 3.8) is 0 Å². The molecule has 0 bridgehead atoms. The van der Waals surface area contributed by atoms with Crippen LogP contribution >= 0.6 is 7.37 Å². The van der Waals surface area contributed by atoms with E-state index in [-0.39, 0.29) is 56.7 Å². The van der Waals surface area contributed by atoms with Gasteiger partial charge in [-0.1, -0.05) is 24.3 Å². The van der Waals surface area contributed by atoms with E-state index in [2.05, 4.69) is 5.32 Å². The number of rotatable bonds is 13. The van der Waals surface area contributed by atoms with Crippen LogP contribution in [-0.2, 0) is 28.1 Å². The van der Waals surface area contributed by atoms with Crippen LogP contribution < -0.4 is 5.32 Å². The first-order valence-electron chi connectivity index (χ1n) is 14.0. The van der Waals surface area contributed by atoms with Crippen LogP contribution in [0.25, 0.3) is 0 Å². The van der Waals surface area contributed by atoms with Crippen LogP contribution in [0.15, 0.2) is 53.9 Å². The van der Waals surface area contributed by atoms with Gasteiger partial charge in [-0.05, 0) is 65.2 Å². The van der Waals surface area contributed by atoms with Crippen molar-refractivity contribution in [1.29, 1.82) is 0 Å². The average Bonchev–Trinajstić information content (AvgIpc) is 3.32. The van der Waals surface area contributed by atoms with Crippen molar-refractivity contribution >= 4 is 19.2 Å². The summed E-state index contributed by atoms with van der Waals surface area (Å²) in [6, 6.07) is 8.91. The molecule has 4 atom stereocenters. The van der Waals surface area contributed by atoms with Crippen molar-refractivity contribution < 1.29 is 38.0 Å². The summed E-state index contributed by atoms with van der Waals surface area (Å²) in [7, 11) is -3.55. The monoisotopic (exact) mass is 578 g/mol. The maximum Gasteiger partial charge on any atom is 0.260 e. The van der Waals surface area contributed by atoms with E-state index < -0.39 is 25.2 Å². The zero-order valence-corrected chi connectivity index (χ0v) is 25.0. The van der Waals surface area contributed by atoms with Crippen molar-refractivity contribution in [2.45, 2.75) is 71.7 Å². The summed E-state index contributed by atoms with van der Waals surface area (Å²) in [6.45, 7) is 9.25. The van der Waals surface area contributed by atoms with Gasteiger partial charge < -0.3 is 29.2 Å². The minimum absolute atomic E-state index is 0.0576. The van der Waals surface area contributed by atoms with E-state index in [0.29, 0.717) is 29.7 Å². The number of carbonyl (C=O) groups is 2. The summed E-state index contributed by atoms with van der Waals surface area (Å²) in [6.07, 6.45) is 3.21. The Morgan fingerprint density at radius 3 is 2.45 bits per heavy atom. The number of hydrogen-bond acceptors (Lipinski definition) is 8. The second-order valence-corrected chi connectivity index (χ2v) is 12.7. The molecule has 1 aromatic carbocycles. The number of aliphatic hydroxyl groups is 1. The molecule has 1 aromatic rings. The van der Waals surface area contributed by atoms with Gasteiger partial charge >= 0.3 is 0 Å². The summed E-state index contributed by atoms with van der Waals surface area (Å²) >= 11 is 0. The van der Waals surface area contributed by atoms with Gasteiger partial charge in [0.25, 0.3) is 13.3 Å². The van der Waals surface area contributed by atoms with Crippen molar-refractivity contribution in [1.82, 2.24) is 10.2 Å². The fourth-order valence-electron chi connectivity index (χ4n) is 5.13. The Hall–Kier alpha value is -2.33. The average molecular weight is 579 g/mol. The second kappa shape index (κ2) is 14.5. The topological polar surface area (TPSA) is 124 Å². The number of amides is 2. The van der Waals surface area contributed by atoms with Gasteiger partial charge in [-0.3, -0.25) is 19.1 Å². The lowest BCUT2D eigenvalue weighted by Gasteiger charge is -2.37. The van der Waals surface area contributed by atoms with E-state index in [1.807, 2.05) is 19.1 Å². The van der Waals surface area contributed by atoms with Crippen LogP contribution in [0.1, 0.15) is 64.2 Å². The minimum Gasteiger partial charge on any atom is -0.394 e. The molecule has 1 unspecified atom stereocenters. The normalized spacial score (nSPS) is 26.2. The van der Waals surface area contributed by atoms with Crippen LogP contribution in [0, 0.1) is 5.92 Å². The van der Waals surface area contributed by atoms with Crippen molar-refractivity contribution in [2.75, 3.05) is 32.6 Å². The molecule has 2 aliphatic rings. The lowest BCUT2D eigenvalue weighted by Crippen LogP contribution is -2.38. The molecule has 3 rings (SSSR count). The zero-order valence-electron chi connectivity index (χ0n) is 24.1. The Bertz CT molecular complexity index is 1120. The van der Waals surface area contributed by atoms with Crippen LogP contribution in [0.4, 0.5) is 0 Å². The fraction of sp³-hybridized carbons (Fsp3) is 0.586. The van der Waals surface area contributed by atoms with Crippen LogP contribution in [0.5, 0.6) is 0 Å². The van der Waals surface area contributed by atoms with Crippen LogP contribution in [0.2, 0.25) is 0 Å². The van der Waals surface area contributed by atoms with Gasteiger partial charge in [0.15, 0.2) is 0 Å². The minimum atomic E-state index is -3.55. The number of allylic oxidation sites excluding steroid dienone is 2. The van der Waals surface area contributed by atoms with Crippen molar-refractivity contribution in [3.8, 4) is 0 Å². The van der Waals surface area contributed by atoms with E-state index in [1.165, 1.54) is 4.90 Å². The highest BCUT2D eigenvalue weighted by Gasteiger charge is 2.52. The summed E-state index contributed by atoms with van der Waals surface area (Å²) in [5.74, 6) is -0.769. The third kappa shape index (κ3) is 7.49. The number of aliphatic hydroxyl groups excluding tert-OH is 1. The molecule has 0 aliphatic carbocycles. The van der Waals surface area contributed by atoms with Gasteiger partial charge in [0.05, 0.1) is 19.3 Å². The van der Waals surface area contributed by atoms with Crippen molar-refractivity contribution in [2.24, 2.45) is 5.92 Å². The lowest BCUT2D eigenvalue weighted by atomic mass is 10.0. The van der Waals surface area contributed by atoms with Gasteiger partial charge in [0, 0.05) is 49.2 Å². The number of ether oxygens (including phenoxy) is 3.